The summed E-state index contributed by atoms with van der Waals surface area (Å²) in [5, 5.41) is 0. The molecule has 0 saturated carbocycles. The summed E-state index contributed by atoms with van der Waals surface area (Å²) in [4.78, 5) is 11.0. The van der Waals surface area contributed by atoms with Crippen LogP contribution in [0.1, 0.15) is 25.8 Å². The van der Waals surface area contributed by atoms with Crippen molar-refractivity contribution in [3.05, 3.63) is 35.9 Å². The Bertz CT molecular complexity index is 414. The molecule has 0 saturated heterocycles. The van der Waals surface area contributed by atoms with Gasteiger partial charge in [-0.3, -0.25) is 4.79 Å². The highest BCUT2D eigenvalue weighted by Crippen LogP contribution is 2.07. The normalized spacial score (nSPS) is 11.0. The number of esters is 1. The van der Waals surface area contributed by atoms with Gasteiger partial charge in [0.05, 0.1) is 6.61 Å². The highest BCUT2D eigenvalue weighted by molar-refractivity contribution is 5.66. The molecule has 96 valence electrons. The first-order valence-corrected chi connectivity index (χ1v) is 6.06. The minimum absolute atomic E-state index is 0.320. The van der Waals surface area contributed by atoms with Gasteiger partial charge in [-0.1, -0.05) is 30.3 Å². The van der Waals surface area contributed by atoms with E-state index in [1.165, 1.54) is 12.5 Å². The van der Waals surface area contributed by atoms with E-state index in [-0.39, 0.29) is 5.97 Å². The van der Waals surface area contributed by atoms with Crippen LogP contribution in [0.4, 0.5) is 0 Å². The Hall–Kier alpha value is -1.95. The number of benzene rings is 1. The van der Waals surface area contributed by atoms with Crippen LogP contribution in [-0.2, 0) is 20.7 Å². The molecule has 0 fully saturated rings. The molecule has 0 N–H and O–H groups in total. The number of aryl methyl sites for hydroxylation is 1. The first-order chi connectivity index (χ1) is 8.72. The van der Waals surface area contributed by atoms with Crippen LogP contribution in [0.2, 0.25) is 0 Å². The van der Waals surface area contributed by atoms with Gasteiger partial charge in [-0.25, -0.2) is 0 Å². The summed E-state index contributed by atoms with van der Waals surface area (Å²) >= 11 is 0. The molecule has 1 aromatic rings. The molecule has 3 nitrogen and oxygen atoms in total. The second-order valence-electron chi connectivity index (χ2n) is 3.80. The van der Waals surface area contributed by atoms with Crippen molar-refractivity contribution in [3.8, 4) is 12.0 Å². The minimum atomic E-state index is -0.408. The maximum absolute atomic E-state index is 11.0. The fourth-order valence-electron chi connectivity index (χ4n) is 1.48. The average Bonchev–Trinajstić information content (AvgIpc) is 2.37. The standard InChI is InChI=1S/C15H18O3/c1-3-17-12-11-15(18-13(2)16)10-9-14-7-5-4-6-8-14/h4-8,15H,3,9-10H2,1-2H3. The Morgan fingerprint density at radius 2 is 2.06 bits per heavy atom. The highest BCUT2D eigenvalue weighted by atomic mass is 16.5. The molecule has 1 rings (SSSR count). The van der Waals surface area contributed by atoms with Crippen molar-refractivity contribution < 1.29 is 14.3 Å². The molecule has 1 aromatic carbocycles. The van der Waals surface area contributed by atoms with Gasteiger partial charge in [-0.15, -0.1) is 0 Å². The lowest BCUT2D eigenvalue weighted by molar-refractivity contribution is -0.143. The Balaban J connectivity index is 2.51. The number of carbonyl (C=O) groups is 1. The van der Waals surface area contributed by atoms with Gasteiger partial charge in [0, 0.05) is 13.3 Å². The summed E-state index contributed by atoms with van der Waals surface area (Å²) < 4.78 is 10.1. The van der Waals surface area contributed by atoms with Crippen LogP contribution in [0.25, 0.3) is 0 Å². The predicted molar refractivity (Wildman–Crippen MR) is 69.7 cm³/mol. The molecule has 0 aliphatic carbocycles. The number of hydrogen-bond donors (Lipinski definition) is 0. The van der Waals surface area contributed by atoms with Gasteiger partial charge in [0.15, 0.2) is 6.10 Å². The van der Waals surface area contributed by atoms with E-state index in [1.807, 2.05) is 37.3 Å². The Morgan fingerprint density at radius 1 is 1.33 bits per heavy atom. The molecule has 0 aromatic heterocycles. The molecular formula is C15H18O3. The largest absolute Gasteiger partial charge is 0.449 e. The maximum atomic E-state index is 11.0. The lowest BCUT2D eigenvalue weighted by Gasteiger charge is -2.10. The molecule has 0 bridgehead atoms. The summed E-state index contributed by atoms with van der Waals surface area (Å²) in [6, 6.07) is 10.0. The van der Waals surface area contributed by atoms with Crippen LogP contribution in [0.3, 0.4) is 0 Å². The topological polar surface area (TPSA) is 35.5 Å². The van der Waals surface area contributed by atoms with E-state index in [9.17, 15) is 4.79 Å². The van der Waals surface area contributed by atoms with Gasteiger partial charge in [0.1, 0.15) is 6.11 Å². The third-order valence-corrected chi connectivity index (χ3v) is 2.28. The quantitative estimate of drug-likeness (QED) is 0.591. The Morgan fingerprint density at radius 3 is 2.67 bits per heavy atom. The van der Waals surface area contributed by atoms with E-state index in [4.69, 9.17) is 9.47 Å². The molecule has 0 aliphatic heterocycles. The van der Waals surface area contributed by atoms with E-state index in [1.54, 1.807) is 0 Å². The van der Waals surface area contributed by atoms with Crippen molar-refractivity contribution in [2.45, 2.75) is 32.8 Å². The summed E-state index contributed by atoms with van der Waals surface area (Å²) in [6.07, 6.45) is 3.63. The predicted octanol–water partition coefficient (Wildman–Crippen LogP) is 2.55. The number of ether oxygens (including phenoxy) is 2. The van der Waals surface area contributed by atoms with Crippen molar-refractivity contribution in [1.82, 2.24) is 0 Å². The first-order valence-electron chi connectivity index (χ1n) is 6.06. The van der Waals surface area contributed by atoms with Crippen LogP contribution in [0.5, 0.6) is 0 Å². The molecule has 1 atom stereocenters. The second-order valence-corrected chi connectivity index (χ2v) is 3.80. The number of hydrogen-bond acceptors (Lipinski definition) is 3. The molecule has 0 aliphatic rings. The summed E-state index contributed by atoms with van der Waals surface area (Å²) in [6.45, 7) is 3.77. The molecule has 3 heteroatoms. The van der Waals surface area contributed by atoms with Crippen LogP contribution in [-0.4, -0.2) is 18.7 Å². The van der Waals surface area contributed by atoms with E-state index in [0.29, 0.717) is 13.0 Å². The summed E-state index contributed by atoms with van der Waals surface area (Å²) in [5.41, 5.74) is 1.20. The second kappa shape index (κ2) is 8.19. The number of rotatable bonds is 5. The van der Waals surface area contributed by atoms with E-state index in [2.05, 4.69) is 12.0 Å². The van der Waals surface area contributed by atoms with Crippen molar-refractivity contribution in [2.24, 2.45) is 0 Å². The first kappa shape index (κ1) is 14.1. The van der Waals surface area contributed by atoms with Crippen molar-refractivity contribution in [1.29, 1.82) is 0 Å². The minimum Gasteiger partial charge on any atom is -0.449 e. The molecule has 0 amide bonds. The van der Waals surface area contributed by atoms with Gasteiger partial charge in [-0.05, 0) is 24.8 Å². The Labute approximate surface area is 108 Å². The van der Waals surface area contributed by atoms with Gasteiger partial charge in [0.2, 0.25) is 0 Å². The highest BCUT2D eigenvalue weighted by Gasteiger charge is 2.09. The lowest BCUT2D eigenvalue weighted by Crippen LogP contribution is -2.15. The fraction of sp³-hybridized carbons (Fsp3) is 0.400. The van der Waals surface area contributed by atoms with E-state index < -0.39 is 6.10 Å². The lowest BCUT2D eigenvalue weighted by atomic mass is 10.1. The SMILES string of the molecule is CCOC#CC(CCc1ccccc1)OC(C)=O. The monoisotopic (exact) mass is 246 g/mol. The summed E-state index contributed by atoms with van der Waals surface area (Å²) in [7, 11) is 0. The fourth-order valence-corrected chi connectivity index (χ4v) is 1.48. The zero-order chi connectivity index (χ0) is 13.2. The zero-order valence-electron chi connectivity index (χ0n) is 10.8. The molecule has 0 heterocycles. The summed E-state index contributed by atoms with van der Waals surface area (Å²) in [5.74, 6) is 2.49. The van der Waals surface area contributed by atoms with Gasteiger partial charge >= 0.3 is 5.97 Å². The molecule has 18 heavy (non-hydrogen) atoms. The van der Waals surface area contributed by atoms with Crippen LogP contribution >= 0.6 is 0 Å². The van der Waals surface area contributed by atoms with Crippen molar-refractivity contribution >= 4 is 5.97 Å². The molecule has 0 radical (unpaired) electrons. The maximum Gasteiger partial charge on any atom is 0.303 e. The smallest absolute Gasteiger partial charge is 0.303 e. The van der Waals surface area contributed by atoms with Gasteiger partial charge in [0.25, 0.3) is 0 Å². The average molecular weight is 246 g/mol. The van der Waals surface area contributed by atoms with Crippen molar-refractivity contribution in [3.63, 3.8) is 0 Å². The van der Waals surface area contributed by atoms with Gasteiger partial charge in [-0.2, -0.15) is 0 Å². The van der Waals surface area contributed by atoms with Crippen LogP contribution in [0.15, 0.2) is 30.3 Å². The van der Waals surface area contributed by atoms with Gasteiger partial charge < -0.3 is 9.47 Å². The van der Waals surface area contributed by atoms with E-state index in [0.717, 1.165) is 6.42 Å². The molecular weight excluding hydrogens is 228 g/mol. The van der Waals surface area contributed by atoms with Crippen molar-refractivity contribution in [2.75, 3.05) is 6.61 Å². The number of carbonyl (C=O) groups excluding carboxylic acids is 1. The third-order valence-electron chi connectivity index (χ3n) is 2.28. The zero-order valence-corrected chi connectivity index (χ0v) is 10.8. The third kappa shape index (κ3) is 5.95. The molecule has 1 unspecified atom stereocenters. The Kier molecular flexibility index (Phi) is 6.42. The van der Waals surface area contributed by atoms with Crippen LogP contribution in [0, 0.1) is 12.0 Å². The molecule has 0 spiro atoms. The van der Waals surface area contributed by atoms with Crippen LogP contribution < -0.4 is 0 Å². The van der Waals surface area contributed by atoms with E-state index >= 15 is 0 Å².